The van der Waals surface area contributed by atoms with Crippen molar-refractivity contribution in [2.75, 3.05) is 13.7 Å². The lowest BCUT2D eigenvalue weighted by Crippen LogP contribution is -2.36. The van der Waals surface area contributed by atoms with Crippen LogP contribution in [0.1, 0.15) is 30.5 Å². The maximum absolute atomic E-state index is 5.92. The Kier molecular flexibility index (Phi) is 8.32. The first-order valence-electron chi connectivity index (χ1n) is 10.5. The Hall–Kier alpha value is -2.82. The number of aromatic nitrogens is 3. The van der Waals surface area contributed by atoms with Gasteiger partial charge in [0.1, 0.15) is 17.6 Å². The molecule has 0 fully saturated rings. The van der Waals surface area contributed by atoms with Crippen molar-refractivity contribution in [2.24, 2.45) is 4.99 Å². The number of halogens is 1. The largest absolute Gasteiger partial charge is 0.494 e. The fraction of sp³-hybridized carbons (Fsp3) is 0.348. The highest BCUT2D eigenvalue weighted by molar-refractivity contribution is 14.0. The predicted molar refractivity (Wildman–Crippen MR) is 135 cm³/mol. The summed E-state index contributed by atoms with van der Waals surface area (Å²) in [5.41, 5.74) is 3.33. The van der Waals surface area contributed by atoms with Crippen molar-refractivity contribution in [3.05, 3.63) is 65.6 Å². The lowest BCUT2D eigenvalue weighted by molar-refractivity contribution is 0.254. The Morgan fingerprint density at radius 1 is 1.25 bits per heavy atom. The van der Waals surface area contributed by atoms with E-state index in [1.807, 2.05) is 31.3 Å². The summed E-state index contributed by atoms with van der Waals surface area (Å²) >= 11 is 0. The lowest BCUT2D eigenvalue weighted by atomic mass is 10.1. The van der Waals surface area contributed by atoms with E-state index in [4.69, 9.17) is 9.47 Å². The Bertz CT molecular complexity index is 1050. The minimum atomic E-state index is 0. The average molecular weight is 548 g/mol. The van der Waals surface area contributed by atoms with Gasteiger partial charge in [0.25, 0.3) is 0 Å². The summed E-state index contributed by atoms with van der Waals surface area (Å²) in [7, 11) is 1.76. The van der Waals surface area contributed by atoms with Crippen molar-refractivity contribution in [1.82, 2.24) is 25.4 Å². The van der Waals surface area contributed by atoms with Gasteiger partial charge in [0, 0.05) is 56.3 Å². The molecule has 9 heteroatoms. The van der Waals surface area contributed by atoms with Gasteiger partial charge in [-0.15, -0.1) is 24.0 Å². The van der Waals surface area contributed by atoms with Crippen LogP contribution in [0.5, 0.6) is 11.5 Å². The van der Waals surface area contributed by atoms with Gasteiger partial charge in [-0.2, -0.15) is 5.10 Å². The van der Waals surface area contributed by atoms with Crippen LogP contribution in [0.25, 0.3) is 5.82 Å². The first-order chi connectivity index (χ1) is 15.2. The topological polar surface area (TPSA) is 85.6 Å². The molecule has 1 atom stereocenters. The highest BCUT2D eigenvalue weighted by atomic mass is 127. The van der Waals surface area contributed by atoms with Crippen LogP contribution in [0.15, 0.2) is 53.9 Å². The number of fused-ring (bicyclic) bond motifs is 1. The number of rotatable bonds is 7. The smallest absolute Gasteiger partial charge is 0.191 e. The molecule has 1 aromatic carbocycles. The van der Waals surface area contributed by atoms with E-state index >= 15 is 0 Å². The summed E-state index contributed by atoms with van der Waals surface area (Å²) in [5.74, 6) is 3.31. The van der Waals surface area contributed by atoms with Gasteiger partial charge >= 0.3 is 0 Å². The van der Waals surface area contributed by atoms with Crippen LogP contribution < -0.4 is 20.1 Å². The van der Waals surface area contributed by atoms with Gasteiger partial charge in [-0.05, 0) is 49.7 Å². The monoisotopic (exact) mass is 548 g/mol. The molecule has 0 spiro atoms. The van der Waals surface area contributed by atoms with Crippen molar-refractivity contribution in [1.29, 1.82) is 0 Å². The van der Waals surface area contributed by atoms with E-state index < -0.39 is 0 Å². The van der Waals surface area contributed by atoms with Crippen LogP contribution in [-0.2, 0) is 19.5 Å². The first-order valence-corrected chi connectivity index (χ1v) is 10.5. The maximum Gasteiger partial charge on any atom is 0.191 e. The van der Waals surface area contributed by atoms with Gasteiger partial charge in [-0.25, -0.2) is 9.67 Å². The third-order valence-corrected chi connectivity index (χ3v) is 5.06. The summed E-state index contributed by atoms with van der Waals surface area (Å²) in [6.45, 7) is 5.89. The molecule has 0 bridgehead atoms. The van der Waals surface area contributed by atoms with E-state index in [1.165, 1.54) is 5.56 Å². The molecule has 2 aromatic heterocycles. The second kappa shape index (κ2) is 11.2. The quantitative estimate of drug-likeness (QED) is 0.267. The Morgan fingerprint density at radius 2 is 2.09 bits per heavy atom. The highest BCUT2D eigenvalue weighted by Crippen LogP contribution is 2.35. The van der Waals surface area contributed by atoms with Crippen molar-refractivity contribution >= 4 is 29.9 Å². The molecule has 32 heavy (non-hydrogen) atoms. The van der Waals surface area contributed by atoms with E-state index in [9.17, 15) is 0 Å². The number of nitrogens with one attached hydrogen (secondary N) is 2. The van der Waals surface area contributed by atoms with Crippen molar-refractivity contribution < 1.29 is 9.47 Å². The second-order valence-corrected chi connectivity index (χ2v) is 7.39. The Morgan fingerprint density at radius 3 is 2.84 bits per heavy atom. The first kappa shape index (κ1) is 23.8. The molecule has 0 saturated carbocycles. The number of ether oxygens (including phenoxy) is 2. The average Bonchev–Trinajstić information content (AvgIpc) is 3.43. The predicted octanol–water partition coefficient (Wildman–Crippen LogP) is 3.47. The van der Waals surface area contributed by atoms with Crippen LogP contribution in [0.4, 0.5) is 0 Å². The van der Waals surface area contributed by atoms with E-state index in [2.05, 4.69) is 44.8 Å². The summed E-state index contributed by atoms with van der Waals surface area (Å²) in [6, 6.07) is 10.0. The van der Waals surface area contributed by atoms with Crippen LogP contribution in [0.2, 0.25) is 0 Å². The minimum absolute atomic E-state index is 0. The Balaban J connectivity index is 0.00000289. The summed E-state index contributed by atoms with van der Waals surface area (Å²) in [5, 5.41) is 10.9. The molecule has 0 aliphatic carbocycles. The number of nitrogens with zero attached hydrogens (tertiary/aromatic N) is 4. The molecule has 0 amide bonds. The number of aliphatic imine (C=N–C) groups is 1. The van der Waals surface area contributed by atoms with Gasteiger partial charge in [0.15, 0.2) is 11.8 Å². The highest BCUT2D eigenvalue weighted by Gasteiger charge is 2.21. The molecule has 1 aliphatic rings. The van der Waals surface area contributed by atoms with Crippen molar-refractivity contribution in [3.8, 4) is 17.3 Å². The number of pyridine rings is 1. The molecule has 4 rings (SSSR count). The fourth-order valence-electron chi connectivity index (χ4n) is 3.59. The number of benzene rings is 1. The van der Waals surface area contributed by atoms with Crippen LogP contribution in [-0.4, -0.2) is 40.5 Å². The van der Waals surface area contributed by atoms with Gasteiger partial charge in [-0.3, -0.25) is 4.99 Å². The second-order valence-electron chi connectivity index (χ2n) is 7.39. The third-order valence-electron chi connectivity index (χ3n) is 5.06. The molecule has 3 aromatic rings. The molecule has 8 nitrogen and oxygen atoms in total. The zero-order chi connectivity index (χ0) is 21.6. The Labute approximate surface area is 205 Å². The molecule has 2 N–H and O–H groups in total. The number of hydrogen-bond acceptors (Lipinski definition) is 5. The lowest BCUT2D eigenvalue weighted by Gasteiger charge is -2.16. The standard InChI is InChI=1S/C23H28N6O2.HI/c1-4-30-20-12-18-10-16(2)31-21(18)13-19(20)15-27-23(24-3)26-14-17-6-8-25-22(11-17)29-9-5-7-28-29;/h5-9,11-13,16H,4,10,14-15H2,1-3H3,(H2,24,26,27);1H. The molecule has 0 saturated heterocycles. The van der Waals surface area contributed by atoms with E-state index in [1.54, 1.807) is 24.1 Å². The molecule has 1 aliphatic heterocycles. The molecular formula is C23H29IN6O2. The third kappa shape index (κ3) is 5.70. The van der Waals surface area contributed by atoms with Crippen molar-refractivity contribution in [3.63, 3.8) is 0 Å². The molecule has 1 unspecified atom stereocenters. The number of hydrogen-bond donors (Lipinski definition) is 2. The summed E-state index contributed by atoms with van der Waals surface area (Å²) in [6.07, 6.45) is 6.51. The molecule has 3 heterocycles. The normalized spacial score (nSPS) is 14.8. The van der Waals surface area contributed by atoms with E-state index in [-0.39, 0.29) is 30.1 Å². The zero-order valence-corrected chi connectivity index (χ0v) is 20.9. The zero-order valence-electron chi connectivity index (χ0n) is 18.5. The van der Waals surface area contributed by atoms with Gasteiger partial charge in [0.05, 0.1) is 6.61 Å². The van der Waals surface area contributed by atoms with Gasteiger partial charge in [-0.1, -0.05) is 0 Å². The van der Waals surface area contributed by atoms with Crippen LogP contribution in [0, 0.1) is 0 Å². The molecular weight excluding hydrogens is 519 g/mol. The fourth-order valence-corrected chi connectivity index (χ4v) is 3.59. The summed E-state index contributed by atoms with van der Waals surface area (Å²) in [4.78, 5) is 8.71. The summed E-state index contributed by atoms with van der Waals surface area (Å²) < 4.78 is 13.5. The van der Waals surface area contributed by atoms with Crippen LogP contribution >= 0.6 is 24.0 Å². The van der Waals surface area contributed by atoms with Crippen molar-refractivity contribution in [2.45, 2.75) is 39.5 Å². The van der Waals surface area contributed by atoms with Gasteiger partial charge < -0.3 is 20.1 Å². The maximum atomic E-state index is 5.92. The molecule has 170 valence electrons. The van der Waals surface area contributed by atoms with Gasteiger partial charge in [0.2, 0.25) is 0 Å². The van der Waals surface area contributed by atoms with Crippen LogP contribution in [0.3, 0.4) is 0 Å². The van der Waals surface area contributed by atoms with E-state index in [0.29, 0.717) is 25.7 Å². The minimum Gasteiger partial charge on any atom is -0.494 e. The molecule has 0 radical (unpaired) electrons. The van der Waals surface area contributed by atoms with E-state index in [0.717, 1.165) is 34.9 Å². The SMILES string of the molecule is CCOc1cc2c(cc1CNC(=NC)NCc1ccnc(-n3cccn3)c1)OC(C)C2.I. The number of guanidine groups is 1.